The molecule has 0 saturated carbocycles. The summed E-state index contributed by atoms with van der Waals surface area (Å²) >= 11 is 0. The summed E-state index contributed by atoms with van der Waals surface area (Å²) in [5.41, 5.74) is 4.93. The van der Waals surface area contributed by atoms with Crippen LogP contribution < -0.4 is 11.1 Å². The van der Waals surface area contributed by atoms with Crippen LogP contribution in [-0.4, -0.2) is 106 Å². The maximum absolute atomic E-state index is 14.8. The van der Waals surface area contributed by atoms with Crippen molar-refractivity contribution in [2.45, 2.75) is 84.6 Å². The minimum Gasteiger partial charge on any atom is -0.469 e. The Hall–Kier alpha value is -3.33. The van der Waals surface area contributed by atoms with Crippen molar-refractivity contribution in [2.24, 2.45) is 5.73 Å². The number of carbonyl (C=O) groups excluding carboxylic acids is 4. The molecule has 0 spiro atoms. The van der Waals surface area contributed by atoms with Crippen molar-refractivity contribution < 1.29 is 52.0 Å². The van der Waals surface area contributed by atoms with Crippen molar-refractivity contribution in [3.05, 3.63) is 35.1 Å². The standard InChI is InChI=1S/C32H52FN3O10/c1-31(2,3)45-29(39)23-10-11-25(33)24(20-23)22-36(28(38)26(34)21-27(37)41-7)13-9-15-43-17-19-44-18-16-42-14-8-12-35-30(40)46-32(4,5)6/h10-11,20,26H,8-9,12-19,21-22,34H2,1-7H3,(H,35,40)/t26-/m0/s1. The van der Waals surface area contributed by atoms with Crippen molar-refractivity contribution in [1.82, 2.24) is 10.2 Å². The second kappa shape index (κ2) is 20.7. The number of benzene rings is 1. The second-order valence-electron chi connectivity index (χ2n) is 12.4. The predicted molar refractivity (Wildman–Crippen MR) is 168 cm³/mol. The van der Waals surface area contributed by atoms with E-state index in [1.807, 2.05) is 0 Å². The summed E-state index contributed by atoms with van der Waals surface area (Å²) in [5, 5.41) is 2.66. The number of carbonyl (C=O) groups is 4. The van der Waals surface area contributed by atoms with Crippen LogP contribution in [0.25, 0.3) is 0 Å². The van der Waals surface area contributed by atoms with Gasteiger partial charge in [0.15, 0.2) is 0 Å². The van der Waals surface area contributed by atoms with E-state index in [0.29, 0.717) is 52.4 Å². The number of hydrogen-bond acceptors (Lipinski definition) is 11. The van der Waals surface area contributed by atoms with Gasteiger partial charge in [-0.05, 0) is 72.6 Å². The lowest BCUT2D eigenvalue weighted by atomic mass is 10.1. The zero-order chi connectivity index (χ0) is 34.8. The molecule has 1 rings (SSSR count). The van der Waals surface area contributed by atoms with Crippen molar-refractivity contribution in [1.29, 1.82) is 0 Å². The van der Waals surface area contributed by atoms with E-state index in [0.717, 1.165) is 6.07 Å². The molecule has 1 aromatic rings. The van der Waals surface area contributed by atoms with E-state index >= 15 is 0 Å². The van der Waals surface area contributed by atoms with Gasteiger partial charge in [0.2, 0.25) is 5.91 Å². The largest absolute Gasteiger partial charge is 0.469 e. The van der Waals surface area contributed by atoms with Gasteiger partial charge in [0.05, 0.1) is 51.6 Å². The number of esters is 2. The van der Waals surface area contributed by atoms with E-state index in [1.165, 1.54) is 24.1 Å². The zero-order valence-electron chi connectivity index (χ0n) is 28.3. The SMILES string of the molecule is COC(=O)C[C@H](N)C(=O)N(CCCOCCOCCOCCCNC(=O)OC(C)(C)C)Cc1cc(C(=O)OC(C)(C)C)ccc1F. The monoisotopic (exact) mass is 657 g/mol. The Kier molecular flexibility index (Phi) is 18.3. The molecule has 0 aliphatic rings. The highest BCUT2D eigenvalue weighted by molar-refractivity contribution is 5.90. The number of methoxy groups -OCH3 is 1. The number of nitrogens with two attached hydrogens (primary N) is 1. The van der Waals surface area contributed by atoms with Gasteiger partial charge in [0.25, 0.3) is 0 Å². The smallest absolute Gasteiger partial charge is 0.407 e. The Balaban J connectivity index is 2.49. The lowest BCUT2D eigenvalue weighted by molar-refractivity contribution is -0.144. The van der Waals surface area contributed by atoms with Gasteiger partial charge < -0.3 is 44.4 Å². The van der Waals surface area contributed by atoms with Gasteiger partial charge in [-0.1, -0.05) is 0 Å². The Morgan fingerprint density at radius 2 is 1.43 bits per heavy atom. The molecule has 1 aromatic carbocycles. The van der Waals surface area contributed by atoms with Crippen LogP contribution in [0.2, 0.25) is 0 Å². The van der Waals surface area contributed by atoms with E-state index in [4.69, 9.17) is 29.4 Å². The third kappa shape index (κ3) is 18.6. The van der Waals surface area contributed by atoms with Gasteiger partial charge in [-0.15, -0.1) is 0 Å². The maximum Gasteiger partial charge on any atom is 0.407 e. The third-order valence-electron chi connectivity index (χ3n) is 5.88. The number of rotatable bonds is 20. The number of hydrogen-bond donors (Lipinski definition) is 2. The Morgan fingerprint density at radius 1 is 0.870 bits per heavy atom. The van der Waals surface area contributed by atoms with Crippen LogP contribution in [0.5, 0.6) is 0 Å². The van der Waals surface area contributed by atoms with E-state index in [-0.39, 0.29) is 37.2 Å². The molecule has 0 aliphatic heterocycles. The molecule has 2 amide bonds. The van der Waals surface area contributed by atoms with Gasteiger partial charge in [-0.25, -0.2) is 14.0 Å². The normalized spacial score (nSPS) is 12.3. The zero-order valence-corrected chi connectivity index (χ0v) is 28.3. The molecular formula is C32H52FN3O10. The third-order valence-corrected chi connectivity index (χ3v) is 5.88. The van der Waals surface area contributed by atoms with Gasteiger partial charge in [0, 0.05) is 38.4 Å². The summed E-state index contributed by atoms with van der Waals surface area (Å²) in [6, 6.07) is 2.61. The average molecular weight is 658 g/mol. The van der Waals surface area contributed by atoms with E-state index in [1.54, 1.807) is 41.5 Å². The molecule has 0 radical (unpaired) electrons. The molecular weight excluding hydrogens is 605 g/mol. The molecule has 3 N–H and O–H groups in total. The fourth-order valence-electron chi connectivity index (χ4n) is 3.80. The minimum atomic E-state index is -1.19. The molecule has 0 unspecified atom stereocenters. The van der Waals surface area contributed by atoms with Crippen LogP contribution in [0, 0.1) is 5.82 Å². The summed E-state index contributed by atoms with van der Waals surface area (Å²) in [4.78, 5) is 50.3. The summed E-state index contributed by atoms with van der Waals surface area (Å²) < 4.78 is 46.5. The summed E-state index contributed by atoms with van der Waals surface area (Å²) in [6.07, 6.45) is 0.227. The molecule has 0 aromatic heterocycles. The molecule has 14 heteroatoms. The van der Waals surface area contributed by atoms with E-state index in [9.17, 15) is 23.6 Å². The Labute approximate surface area is 271 Å². The first kappa shape index (κ1) is 40.7. The molecule has 13 nitrogen and oxygen atoms in total. The molecule has 0 aliphatic carbocycles. The number of halogens is 1. The van der Waals surface area contributed by atoms with Crippen LogP contribution in [0.15, 0.2) is 18.2 Å². The fourth-order valence-corrected chi connectivity index (χ4v) is 3.80. The fraction of sp³-hybridized carbons (Fsp3) is 0.688. The molecule has 0 saturated heterocycles. The molecule has 1 atom stereocenters. The highest BCUT2D eigenvalue weighted by Gasteiger charge is 2.26. The highest BCUT2D eigenvalue weighted by Crippen LogP contribution is 2.18. The van der Waals surface area contributed by atoms with Crippen LogP contribution >= 0.6 is 0 Å². The summed E-state index contributed by atoms with van der Waals surface area (Å²) in [6.45, 7) is 13.1. The maximum atomic E-state index is 14.8. The van der Waals surface area contributed by atoms with Crippen molar-refractivity contribution >= 4 is 23.9 Å². The van der Waals surface area contributed by atoms with Gasteiger partial charge in [0.1, 0.15) is 17.0 Å². The first-order chi connectivity index (χ1) is 21.5. The van der Waals surface area contributed by atoms with Crippen LogP contribution in [0.3, 0.4) is 0 Å². The first-order valence-corrected chi connectivity index (χ1v) is 15.4. The van der Waals surface area contributed by atoms with Crippen molar-refractivity contribution in [3.8, 4) is 0 Å². The topological polar surface area (TPSA) is 165 Å². The van der Waals surface area contributed by atoms with Crippen molar-refractivity contribution in [3.63, 3.8) is 0 Å². The lowest BCUT2D eigenvalue weighted by Crippen LogP contribution is -2.45. The number of amides is 2. The predicted octanol–water partition coefficient (Wildman–Crippen LogP) is 3.35. The number of ether oxygens (including phenoxy) is 6. The molecule has 262 valence electrons. The second-order valence-corrected chi connectivity index (χ2v) is 12.4. The summed E-state index contributed by atoms with van der Waals surface area (Å²) in [7, 11) is 1.19. The van der Waals surface area contributed by atoms with E-state index < -0.39 is 47.0 Å². The van der Waals surface area contributed by atoms with E-state index in [2.05, 4.69) is 10.1 Å². The Bertz CT molecular complexity index is 1100. The lowest BCUT2D eigenvalue weighted by Gasteiger charge is -2.26. The molecule has 0 bridgehead atoms. The van der Waals surface area contributed by atoms with Gasteiger partial charge in [-0.2, -0.15) is 0 Å². The minimum absolute atomic E-state index is 0.0952. The highest BCUT2D eigenvalue weighted by atomic mass is 19.1. The Morgan fingerprint density at radius 3 is 2.00 bits per heavy atom. The number of nitrogens with zero attached hydrogens (tertiary/aromatic N) is 1. The summed E-state index contributed by atoms with van der Waals surface area (Å²) in [5.74, 6) is -2.45. The van der Waals surface area contributed by atoms with Crippen LogP contribution in [-0.2, 0) is 44.6 Å². The molecule has 0 fully saturated rings. The number of nitrogens with one attached hydrogen (secondary N) is 1. The number of alkyl carbamates (subject to hydrolysis) is 1. The van der Waals surface area contributed by atoms with Crippen LogP contribution in [0.4, 0.5) is 9.18 Å². The molecule has 0 heterocycles. The van der Waals surface area contributed by atoms with Crippen LogP contribution in [0.1, 0.15) is 76.7 Å². The van der Waals surface area contributed by atoms with Gasteiger partial charge in [-0.3, -0.25) is 9.59 Å². The molecule has 46 heavy (non-hydrogen) atoms. The quantitative estimate of drug-likeness (QED) is 0.120. The average Bonchev–Trinajstić information content (AvgIpc) is 2.95. The van der Waals surface area contributed by atoms with Crippen molar-refractivity contribution in [2.75, 3.05) is 59.8 Å². The first-order valence-electron chi connectivity index (χ1n) is 15.4. The van der Waals surface area contributed by atoms with Gasteiger partial charge >= 0.3 is 18.0 Å².